The van der Waals surface area contributed by atoms with E-state index in [1.54, 1.807) is 7.11 Å². The topological polar surface area (TPSA) is 21.6 Å². The summed E-state index contributed by atoms with van der Waals surface area (Å²) in [6.45, 7) is 0. The maximum atomic E-state index is 5.40. The molecule has 0 saturated carbocycles. The van der Waals surface area contributed by atoms with Crippen LogP contribution in [0.2, 0.25) is 0 Å². The van der Waals surface area contributed by atoms with Gasteiger partial charge < -0.3 is 4.74 Å². The minimum Gasteiger partial charge on any atom is -0.494 e. The Balaban J connectivity index is 1.75. The van der Waals surface area contributed by atoms with Crippen molar-refractivity contribution in [1.29, 1.82) is 0 Å². The third-order valence-electron chi connectivity index (χ3n) is 4.99. The highest BCUT2D eigenvalue weighted by molar-refractivity contribution is 6.25. The second kappa shape index (κ2) is 5.85. The fourth-order valence-corrected chi connectivity index (χ4v) is 3.75. The van der Waals surface area contributed by atoms with Crippen LogP contribution in [-0.4, -0.2) is 13.3 Å². The zero-order valence-corrected chi connectivity index (χ0v) is 14.4. The average Bonchev–Trinajstić information content (AvgIpc) is 2.71. The lowest BCUT2D eigenvalue weighted by Crippen LogP contribution is -1.89. The van der Waals surface area contributed by atoms with Gasteiger partial charge in [-0.15, -0.1) is 0 Å². The van der Waals surface area contributed by atoms with Crippen LogP contribution < -0.4 is 4.74 Å². The molecule has 0 N–H and O–H groups in total. The van der Waals surface area contributed by atoms with E-state index < -0.39 is 0 Å². The lowest BCUT2D eigenvalue weighted by molar-refractivity contribution is 0.416. The van der Waals surface area contributed by atoms with Crippen LogP contribution in [0, 0.1) is 0 Å². The minimum atomic E-state index is 0.779. The number of rotatable bonds is 3. The molecule has 0 radical (unpaired) electrons. The molecule has 0 amide bonds. The molecule has 0 aliphatic rings. The van der Waals surface area contributed by atoms with Crippen LogP contribution in [-0.2, 0) is 0 Å². The number of ether oxygens (including phenoxy) is 1. The normalized spacial score (nSPS) is 11.9. The van der Waals surface area contributed by atoms with Crippen LogP contribution in [0.4, 0.5) is 5.69 Å². The number of methoxy groups -OCH3 is 1. The van der Waals surface area contributed by atoms with E-state index in [1.165, 1.54) is 32.3 Å². The van der Waals surface area contributed by atoms with E-state index in [0.29, 0.717) is 0 Å². The lowest BCUT2D eigenvalue weighted by atomic mass is 9.92. The Morgan fingerprint density at radius 2 is 1.38 bits per heavy atom. The summed E-state index contributed by atoms with van der Waals surface area (Å²) >= 11 is 0. The third kappa shape index (κ3) is 2.23. The number of hydrogen-bond acceptors (Lipinski definition) is 2. The molecule has 0 aromatic heterocycles. The first-order valence-electron chi connectivity index (χ1n) is 8.69. The van der Waals surface area contributed by atoms with Crippen LogP contribution in [0.5, 0.6) is 5.75 Å². The zero-order chi connectivity index (χ0) is 17.5. The molecular weight excluding hydrogens is 318 g/mol. The van der Waals surface area contributed by atoms with Crippen molar-refractivity contribution < 1.29 is 4.74 Å². The summed E-state index contributed by atoms with van der Waals surface area (Å²) in [5.74, 6) is 0.779. The molecular formula is C24H17NO. The van der Waals surface area contributed by atoms with Crippen molar-refractivity contribution >= 4 is 44.2 Å². The molecule has 5 aromatic rings. The first-order valence-corrected chi connectivity index (χ1v) is 8.69. The molecule has 0 heterocycles. The third-order valence-corrected chi connectivity index (χ3v) is 4.99. The number of hydrogen-bond donors (Lipinski definition) is 0. The molecule has 0 aliphatic carbocycles. The second-order valence-electron chi connectivity index (χ2n) is 6.44. The summed E-state index contributed by atoms with van der Waals surface area (Å²) in [7, 11) is 1.67. The number of aliphatic imine (C=N–C) groups is 1. The SMILES string of the molecule is COc1ccccc1N=Cc1ccc2ccc3cccc4ccc1c2c34. The van der Waals surface area contributed by atoms with Gasteiger partial charge in [0.25, 0.3) is 0 Å². The van der Waals surface area contributed by atoms with Gasteiger partial charge in [-0.05, 0) is 44.5 Å². The van der Waals surface area contributed by atoms with Gasteiger partial charge >= 0.3 is 0 Å². The smallest absolute Gasteiger partial charge is 0.144 e. The van der Waals surface area contributed by atoms with E-state index in [-0.39, 0.29) is 0 Å². The van der Waals surface area contributed by atoms with E-state index >= 15 is 0 Å². The number of nitrogens with zero attached hydrogens (tertiary/aromatic N) is 1. The Morgan fingerprint density at radius 3 is 2.19 bits per heavy atom. The Hall–Kier alpha value is -3.39. The highest BCUT2D eigenvalue weighted by Gasteiger charge is 2.09. The molecule has 5 rings (SSSR count). The maximum absolute atomic E-state index is 5.40. The van der Waals surface area contributed by atoms with E-state index in [1.807, 2.05) is 30.5 Å². The first-order chi connectivity index (χ1) is 12.8. The van der Waals surface area contributed by atoms with Gasteiger partial charge in [0.15, 0.2) is 0 Å². The Labute approximate surface area is 151 Å². The molecule has 0 saturated heterocycles. The highest BCUT2D eigenvalue weighted by Crippen LogP contribution is 2.35. The van der Waals surface area contributed by atoms with Crippen LogP contribution in [0.25, 0.3) is 32.3 Å². The lowest BCUT2D eigenvalue weighted by Gasteiger charge is -2.12. The quantitative estimate of drug-likeness (QED) is 0.278. The monoisotopic (exact) mass is 335 g/mol. The zero-order valence-electron chi connectivity index (χ0n) is 14.4. The van der Waals surface area contributed by atoms with E-state index in [2.05, 4.69) is 59.6 Å². The molecule has 0 bridgehead atoms. The van der Waals surface area contributed by atoms with E-state index in [4.69, 9.17) is 4.74 Å². The largest absolute Gasteiger partial charge is 0.494 e. The van der Waals surface area contributed by atoms with Gasteiger partial charge in [-0.3, -0.25) is 4.99 Å². The average molecular weight is 335 g/mol. The number of para-hydroxylation sites is 2. The number of benzene rings is 5. The summed E-state index contributed by atoms with van der Waals surface area (Å²) in [6, 6.07) is 27.4. The van der Waals surface area contributed by atoms with Crippen molar-refractivity contribution in [2.45, 2.75) is 0 Å². The van der Waals surface area contributed by atoms with E-state index in [0.717, 1.165) is 17.0 Å². The van der Waals surface area contributed by atoms with Crippen molar-refractivity contribution in [3.05, 3.63) is 84.4 Å². The molecule has 26 heavy (non-hydrogen) atoms. The highest BCUT2D eigenvalue weighted by atomic mass is 16.5. The van der Waals surface area contributed by atoms with Crippen LogP contribution in [0.15, 0.2) is 83.9 Å². The molecule has 0 fully saturated rings. The minimum absolute atomic E-state index is 0.779. The fourth-order valence-electron chi connectivity index (χ4n) is 3.75. The standard InChI is InChI=1S/C24H17NO/c1-26-22-8-3-2-7-21(22)25-15-19-12-11-18-10-9-16-5-4-6-17-13-14-20(19)24(18)23(16)17/h2-15H,1H3. The summed E-state index contributed by atoms with van der Waals surface area (Å²) in [6.07, 6.45) is 1.93. The van der Waals surface area contributed by atoms with Crippen molar-refractivity contribution in [3.63, 3.8) is 0 Å². The molecule has 2 heteroatoms. The molecule has 5 aromatic carbocycles. The fraction of sp³-hybridized carbons (Fsp3) is 0.0417. The van der Waals surface area contributed by atoms with Crippen LogP contribution in [0.1, 0.15) is 5.56 Å². The van der Waals surface area contributed by atoms with Gasteiger partial charge in [-0.25, -0.2) is 0 Å². The summed E-state index contributed by atoms with van der Waals surface area (Å²) in [5, 5.41) is 7.68. The predicted molar refractivity (Wildman–Crippen MR) is 110 cm³/mol. The van der Waals surface area contributed by atoms with Crippen molar-refractivity contribution in [2.75, 3.05) is 7.11 Å². The molecule has 2 nitrogen and oxygen atoms in total. The molecule has 0 unspecified atom stereocenters. The summed E-state index contributed by atoms with van der Waals surface area (Å²) < 4.78 is 5.40. The summed E-state index contributed by atoms with van der Waals surface area (Å²) in [4.78, 5) is 4.68. The Kier molecular flexibility index (Phi) is 3.36. The Bertz CT molecular complexity index is 1250. The first kappa shape index (κ1) is 14.9. The van der Waals surface area contributed by atoms with Crippen LogP contribution >= 0.6 is 0 Å². The Morgan fingerprint density at radius 1 is 0.692 bits per heavy atom. The van der Waals surface area contributed by atoms with Crippen LogP contribution in [0.3, 0.4) is 0 Å². The predicted octanol–water partition coefficient (Wildman–Crippen LogP) is 6.34. The van der Waals surface area contributed by atoms with Gasteiger partial charge in [0, 0.05) is 11.8 Å². The van der Waals surface area contributed by atoms with Gasteiger partial charge in [-0.2, -0.15) is 0 Å². The van der Waals surface area contributed by atoms with Gasteiger partial charge in [0.05, 0.1) is 7.11 Å². The molecule has 0 spiro atoms. The van der Waals surface area contributed by atoms with Crippen molar-refractivity contribution in [1.82, 2.24) is 0 Å². The van der Waals surface area contributed by atoms with E-state index in [9.17, 15) is 0 Å². The summed E-state index contributed by atoms with van der Waals surface area (Å²) in [5.41, 5.74) is 1.95. The van der Waals surface area contributed by atoms with Crippen molar-refractivity contribution in [2.24, 2.45) is 4.99 Å². The molecule has 124 valence electrons. The molecule has 0 aliphatic heterocycles. The maximum Gasteiger partial charge on any atom is 0.144 e. The van der Waals surface area contributed by atoms with Crippen molar-refractivity contribution in [3.8, 4) is 5.75 Å². The van der Waals surface area contributed by atoms with Gasteiger partial charge in [-0.1, -0.05) is 66.7 Å². The van der Waals surface area contributed by atoms with Gasteiger partial charge in [0.2, 0.25) is 0 Å². The molecule has 0 atom stereocenters. The van der Waals surface area contributed by atoms with Gasteiger partial charge in [0.1, 0.15) is 11.4 Å². The second-order valence-corrected chi connectivity index (χ2v) is 6.44.